The fourth-order valence-electron chi connectivity index (χ4n) is 2.35. The molecular weight excluding hydrogens is 343 g/mol. The molecule has 0 aliphatic heterocycles. The van der Waals surface area contributed by atoms with E-state index < -0.39 is 0 Å². The van der Waals surface area contributed by atoms with Gasteiger partial charge in [0, 0.05) is 11.5 Å². The molecule has 2 aromatic rings. The van der Waals surface area contributed by atoms with Gasteiger partial charge in [0.25, 0.3) is 5.89 Å². The summed E-state index contributed by atoms with van der Waals surface area (Å²) in [5.74, 6) is 1.98. The lowest BCUT2D eigenvalue weighted by atomic mass is 10.1. The molecule has 1 N–H and O–H groups in total. The van der Waals surface area contributed by atoms with Crippen molar-refractivity contribution in [1.29, 1.82) is 0 Å². The zero-order valence-electron chi connectivity index (χ0n) is 9.77. The maximum atomic E-state index is 9.68. The highest BCUT2D eigenvalue weighted by atomic mass is 127. The molecule has 1 aromatic carbocycles. The van der Waals surface area contributed by atoms with Crippen molar-refractivity contribution in [2.24, 2.45) is 0 Å². The molecule has 1 aliphatic carbocycles. The van der Waals surface area contributed by atoms with Crippen molar-refractivity contribution >= 4 is 22.6 Å². The Labute approximate surface area is 119 Å². The molecule has 0 spiro atoms. The Morgan fingerprint density at radius 3 is 2.78 bits per heavy atom. The van der Waals surface area contributed by atoms with Crippen LogP contribution in [0.5, 0.6) is 5.75 Å². The van der Waals surface area contributed by atoms with Gasteiger partial charge in [-0.25, -0.2) is 0 Å². The number of halogens is 1. The monoisotopic (exact) mass is 356 g/mol. The number of phenolic OH excluding ortho intramolecular Hbond substituents is 1. The van der Waals surface area contributed by atoms with Gasteiger partial charge in [-0.15, -0.1) is 0 Å². The highest BCUT2D eigenvalue weighted by Crippen LogP contribution is 2.34. The summed E-state index contributed by atoms with van der Waals surface area (Å²) in [4.78, 5) is 4.44. The average molecular weight is 356 g/mol. The third kappa shape index (κ3) is 2.23. The van der Waals surface area contributed by atoms with Crippen molar-refractivity contribution in [2.45, 2.75) is 31.6 Å². The molecule has 5 heteroatoms. The number of benzene rings is 1. The van der Waals surface area contributed by atoms with Gasteiger partial charge in [-0.1, -0.05) is 18.0 Å². The summed E-state index contributed by atoms with van der Waals surface area (Å²) in [6.07, 6.45) is 4.80. The van der Waals surface area contributed by atoms with E-state index >= 15 is 0 Å². The molecule has 1 heterocycles. The smallest absolute Gasteiger partial charge is 0.258 e. The summed E-state index contributed by atoms with van der Waals surface area (Å²) in [7, 11) is 0. The van der Waals surface area contributed by atoms with Crippen molar-refractivity contribution < 1.29 is 9.63 Å². The van der Waals surface area contributed by atoms with Gasteiger partial charge in [-0.3, -0.25) is 0 Å². The fourth-order valence-corrected chi connectivity index (χ4v) is 2.68. The van der Waals surface area contributed by atoms with E-state index in [1.807, 2.05) is 12.1 Å². The predicted molar refractivity (Wildman–Crippen MR) is 75.3 cm³/mol. The van der Waals surface area contributed by atoms with Gasteiger partial charge in [-0.05, 0) is 53.6 Å². The highest BCUT2D eigenvalue weighted by Gasteiger charge is 2.22. The number of phenols is 1. The van der Waals surface area contributed by atoms with Gasteiger partial charge in [-0.2, -0.15) is 4.98 Å². The summed E-state index contributed by atoms with van der Waals surface area (Å²) in [5, 5.41) is 13.7. The van der Waals surface area contributed by atoms with E-state index in [0.29, 0.717) is 11.8 Å². The first kappa shape index (κ1) is 12.0. The minimum absolute atomic E-state index is 0.244. The van der Waals surface area contributed by atoms with Gasteiger partial charge in [0.2, 0.25) is 0 Å². The van der Waals surface area contributed by atoms with E-state index in [2.05, 4.69) is 32.7 Å². The van der Waals surface area contributed by atoms with E-state index in [1.165, 1.54) is 12.8 Å². The number of aromatic nitrogens is 2. The van der Waals surface area contributed by atoms with Crippen LogP contribution >= 0.6 is 22.6 Å². The van der Waals surface area contributed by atoms with Gasteiger partial charge < -0.3 is 9.63 Å². The molecule has 4 nitrogen and oxygen atoms in total. The first-order valence-corrected chi connectivity index (χ1v) is 7.14. The molecule has 0 unspecified atom stereocenters. The SMILES string of the molecule is Oc1cc(-c2nc(C3CCCC3)no2)ccc1I. The van der Waals surface area contributed by atoms with E-state index in [4.69, 9.17) is 4.52 Å². The zero-order chi connectivity index (χ0) is 12.5. The number of aromatic hydroxyl groups is 1. The zero-order valence-corrected chi connectivity index (χ0v) is 11.9. The van der Waals surface area contributed by atoms with Gasteiger partial charge in [0.15, 0.2) is 5.82 Å². The van der Waals surface area contributed by atoms with Crippen LogP contribution in [0.4, 0.5) is 0 Å². The summed E-state index contributed by atoms with van der Waals surface area (Å²) < 4.78 is 6.10. The summed E-state index contributed by atoms with van der Waals surface area (Å²) >= 11 is 2.08. The molecule has 3 rings (SSSR count). The lowest BCUT2D eigenvalue weighted by Gasteiger charge is -2.00. The quantitative estimate of drug-likeness (QED) is 0.834. The molecule has 1 aromatic heterocycles. The molecule has 94 valence electrons. The number of hydrogen-bond donors (Lipinski definition) is 1. The highest BCUT2D eigenvalue weighted by molar-refractivity contribution is 14.1. The van der Waals surface area contributed by atoms with Crippen LogP contribution in [0.2, 0.25) is 0 Å². The van der Waals surface area contributed by atoms with Gasteiger partial charge in [0.1, 0.15) is 5.75 Å². The van der Waals surface area contributed by atoms with Crippen LogP contribution in [0.3, 0.4) is 0 Å². The molecule has 0 radical (unpaired) electrons. The van der Waals surface area contributed by atoms with Crippen LogP contribution in [0.25, 0.3) is 11.5 Å². The van der Waals surface area contributed by atoms with Gasteiger partial charge in [0.05, 0.1) is 3.57 Å². The molecule has 1 aliphatic rings. The molecule has 18 heavy (non-hydrogen) atoms. The normalized spacial score (nSPS) is 16.3. The van der Waals surface area contributed by atoms with Gasteiger partial charge >= 0.3 is 0 Å². The second-order valence-electron chi connectivity index (χ2n) is 4.61. The molecule has 0 atom stereocenters. The van der Waals surface area contributed by atoms with E-state index in [-0.39, 0.29) is 5.75 Å². The third-order valence-corrected chi connectivity index (χ3v) is 4.27. The van der Waals surface area contributed by atoms with Crippen LogP contribution in [-0.4, -0.2) is 15.2 Å². The maximum absolute atomic E-state index is 9.68. The van der Waals surface area contributed by atoms with Crippen molar-refractivity contribution in [3.63, 3.8) is 0 Å². The predicted octanol–water partition coefficient (Wildman–Crippen LogP) is 3.70. The summed E-state index contributed by atoms with van der Waals surface area (Å²) in [6.45, 7) is 0. The van der Waals surface area contributed by atoms with Crippen molar-refractivity contribution in [3.8, 4) is 17.2 Å². The molecule has 0 saturated heterocycles. The summed E-state index contributed by atoms with van der Waals surface area (Å²) in [5.41, 5.74) is 0.768. The van der Waals surface area contributed by atoms with Crippen molar-refractivity contribution in [2.75, 3.05) is 0 Å². The fraction of sp³-hybridized carbons (Fsp3) is 0.385. The average Bonchev–Trinajstić information content (AvgIpc) is 3.01. The minimum atomic E-state index is 0.244. The topological polar surface area (TPSA) is 59.2 Å². The van der Waals surface area contributed by atoms with Crippen molar-refractivity contribution in [1.82, 2.24) is 10.1 Å². The lowest BCUT2D eigenvalue weighted by molar-refractivity contribution is 0.415. The first-order chi connectivity index (χ1) is 8.74. The van der Waals surface area contributed by atoms with E-state index in [9.17, 15) is 5.11 Å². The Hall–Kier alpha value is -1.11. The number of nitrogens with zero attached hydrogens (tertiary/aromatic N) is 2. The van der Waals surface area contributed by atoms with Crippen LogP contribution in [0.15, 0.2) is 22.7 Å². The number of hydrogen-bond acceptors (Lipinski definition) is 4. The molecule has 0 amide bonds. The van der Waals surface area contributed by atoms with Crippen LogP contribution in [-0.2, 0) is 0 Å². The molecule has 1 saturated carbocycles. The second-order valence-corrected chi connectivity index (χ2v) is 5.77. The second kappa shape index (κ2) is 4.87. The van der Waals surface area contributed by atoms with E-state index in [1.54, 1.807) is 6.07 Å². The molecular formula is C13H13IN2O2. The Morgan fingerprint density at radius 1 is 1.28 bits per heavy atom. The number of rotatable bonds is 2. The largest absolute Gasteiger partial charge is 0.507 e. The molecule has 0 bridgehead atoms. The standard InChI is InChI=1S/C13H13IN2O2/c14-10-6-5-9(7-11(10)17)13-15-12(16-18-13)8-3-1-2-4-8/h5-8,17H,1-4H2. The lowest BCUT2D eigenvalue weighted by Crippen LogP contribution is -1.94. The van der Waals surface area contributed by atoms with E-state index in [0.717, 1.165) is 27.8 Å². The Kier molecular flexibility index (Phi) is 3.23. The third-order valence-electron chi connectivity index (χ3n) is 3.36. The Morgan fingerprint density at radius 2 is 2.06 bits per heavy atom. The Bertz CT molecular complexity index is 562. The van der Waals surface area contributed by atoms with Crippen LogP contribution < -0.4 is 0 Å². The minimum Gasteiger partial charge on any atom is -0.507 e. The molecule has 1 fully saturated rings. The first-order valence-electron chi connectivity index (χ1n) is 6.06. The summed E-state index contributed by atoms with van der Waals surface area (Å²) in [6, 6.07) is 5.38. The van der Waals surface area contributed by atoms with Crippen molar-refractivity contribution in [3.05, 3.63) is 27.6 Å². The maximum Gasteiger partial charge on any atom is 0.258 e. The van der Waals surface area contributed by atoms with Crippen LogP contribution in [0.1, 0.15) is 37.4 Å². The Balaban J connectivity index is 1.89. The van der Waals surface area contributed by atoms with Crippen LogP contribution in [0, 0.1) is 3.57 Å².